The molecule has 1 heterocycles. The van der Waals surface area contributed by atoms with E-state index < -0.39 is 21.8 Å². The number of carbonyl (C=O) groups is 1. The van der Waals surface area contributed by atoms with Gasteiger partial charge in [0.05, 0.1) is 6.26 Å². The number of rotatable bonds is 7. The smallest absolute Gasteiger partial charge is 0.299 e. The molecule has 2 aromatic carbocycles. The number of hydroxylamine groups is 1. The van der Waals surface area contributed by atoms with Gasteiger partial charge >= 0.3 is 0 Å². The molecule has 0 saturated heterocycles. The van der Waals surface area contributed by atoms with Gasteiger partial charge in [-0.05, 0) is 58.9 Å². The lowest BCUT2D eigenvalue weighted by molar-refractivity contribution is -0.131. The molecule has 1 amide bonds. The summed E-state index contributed by atoms with van der Waals surface area (Å²) in [5.41, 5.74) is 6.29. The van der Waals surface area contributed by atoms with Gasteiger partial charge in [-0.3, -0.25) is 14.9 Å². The lowest BCUT2D eigenvalue weighted by atomic mass is 9.96. The molecule has 6 nitrogen and oxygen atoms in total. The van der Waals surface area contributed by atoms with Gasteiger partial charge in [0.25, 0.3) is 5.91 Å². The molecule has 3 rings (SSSR count). The molecule has 2 aromatic rings. The van der Waals surface area contributed by atoms with Crippen molar-refractivity contribution >= 4 is 22.7 Å². The lowest BCUT2D eigenvalue weighted by Gasteiger charge is -2.32. The molecule has 2 atom stereocenters. The molecule has 160 valence electrons. The molecule has 0 aromatic heterocycles. The fraction of sp³-hybridized carbons (Fsp3) is 0.348. The second-order valence-corrected chi connectivity index (χ2v) is 9.59. The molecule has 7 heteroatoms. The quantitative estimate of drug-likeness (QED) is 0.358. The van der Waals surface area contributed by atoms with Crippen LogP contribution in [0.2, 0.25) is 0 Å². The molecule has 0 radical (unpaired) electrons. The van der Waals surface area contributed by atoms with Crippen LogP contribution in [-0.4, -0.2) is 56.3 Å². The highest BCUT2D eigenvalue weighted by molar-refractivity contribution is 7.92. The Labute approximate surface area is 180 Å². The van der Waals surface area contributed by atoms with Crippen molar-refractivity contribution in [1.82, 2.24) is 10.4 Å². The van der Waals surface area contributed by atoms with E-state index in [1.54, 1.807) is 24.5 Å². The Balaban J connectivity index is 1.60. The standard InChI is InChI=1S/C23H28N2O4S/c1-23(30(2)29,22(27)24-28)13-16-25-14-11-20(12-15-25)18-5-3-17(4-6-18)19-7-9-21(26)10-8-19/h3-11,26,28H,12-16H2,1-2H3,(H,24,27). The minimum atomic E-state index is -1.39. The molecule has 0 saturated carbocycles. The van der Waals surface area contributed by atoms with E-state index in [0.717, 1.165) is 30.6 Å². The van der Waals surface area contributed by atoms with Crippen molar-refractivity contribution in [1.29, 1.82) is 0 Å². The van der Waals surface area contributed by atoms with E-state index in [-0.39, 0.29) is 5.75 Å². The first-order chi connectivity index (χ1) is 14.3. The highest BCUT2D eigenvalue weighted by Crippen LogP contribution is 2.28. The zero-order valence-electron chi connectivity index (χ0n) is 17.3. The van der Waals surface area contributed by atoms with Gasteiger partial charge in [-0.1, -0.05) is 42.5 Å². The average Bonchev–Trinajstić information content (AvgIpc) is 2.77. The van der Waals surface area contributed by atoms with E-state index in [2.05, 4.69) is 35.2 Å². The van der Waals surface area contributed by atoms with Crippen molar-refractivity contribution in [3.05, 3.63) is 60.2 Å². The minimum absolute atomic E-state index is 0.259. The number of hydrogen-bond donors (Lipinski definition) is 3. The molecule has 0 aliphatic carbocycles. The second-order valence-electron chi connectivity index (χ2n) is 7.78. The number of phenols is 1. The lowest BCUT2D eigenvalue weighted by Crippen LogP contribution is -2.51. The number of amides is 1. The Morgan fingerprint density at radius 1 is 1.13 bits per heavy atom. The van der Waals surface area contributed by atoms with E-state index in [9.17, 15) is 14.5 Å². The Bertz CT molecular complexity index is 896. The predicted molar refractivity (Wildman–Crippen MR) is 120 cm³/mol. The number of aromatic hydroxyl groups is 1. The summed E-state index contributed by atoms with van der Waals surface area (Å²) in [7, 11) is 0. The molecule has 0 fully saturated rings. The molecule has 1 aliphatic rings. The maximum atomic E-state index is 12.0. The van der Waals surface area contributed by atoms with Crippen molar-refractivity contribution in [3.8, 4) is 16.9 Å². The summed E-state index contributed by atoms with van der Waals surface area (Å²) in [5, 5.41) is 18.4. The van der Waals surface area contributed by atoms with Crippen molar-refractivity contribution in [3.63, 3.8) is 0 Å². The summed E-state index contributed by atoms with van der Waals surface area (Å²) < 4.78 is 10.9. The Morgan fingerprint density at radius 3 is 2.20 bits per heavy atom. The maximum absolute atomic E-state index is 12.0. The van der Waals surface area contributed by atoms with Crippen LogP contribution >= 0.6 is 0 Å². The number of benzene rings is 2. The first-order valence-electron chi connectivity index (χ1n) is 9.93. The van der Waals surface area contributed by atoms with Gasteiger partial charge in [0, 0.05) is 26.1 Å². The highest BCUT2D eigenvalue weighted by Gasteiger charge is 2.42. The topological polar surface area (TPSA) is 95.9 Å². The molecular weight excluding hydrogens is 400 g/mol. The van der Waals surface area contributed by atoms with Crippen molar-refractivity contribution in [2.24, 2.45) is 0 Å². The Morgan fingerprint density at radius 2 is 1.70 bits per heavy atom. The number of phenolic OH excluding ortho intramolecular Hbond substituents is 1. The highest BCUT2D eigenvalue weighted by atomic mass is 32.2. The van der Waals surface area contributed by atoms with Gasteiger partial charge in [-0.25, -0.2) is 5.48 Å². The van der Waals surface area contributed by atoms with Gasteiger partial charge in [0.15, 0.2) is 0 Å². The summed E-state index contributed by atoms with van der Waals surface area (Å²) in [5.74, 6) is -0.347. The fourth-order valence-corrected chi connectivity index (χ4v) is 4.27. The molecule has 0 spiro atoms. The van der Waals surface area contributed by atoms with Crippen LogP contribution in [0, 0.1) is 0 Å². The number of hydrogen-bond acceptors (Lipinski definition) is 5. The number of nitrogens with zero attached hydrogens (tertiary/aromatic N) is 1. The van der Waals surface area contributed by atoms with Crippen LogP contribution in [0.3, 0.4) is 0 Å². The molecule has 3 N–H and O–H groups in total. The van der Waals surface area contributed by atoms with Crippen molar-refractivity contribution in [2.75, 3.05) is 25.9 Å². The Hall–Kier alpha value is -2.32. The fourth-order valence-electron chi connectivity index (χ4n) is 3.58. The zero-order chi connectivity index (χ0) is 21.7. The summed E-state index contributed by atoms with van der Waals surface area (Å²) >= 11 is -1.39. The first kappa shape index (κ1) is 22.4. The normalized spacial score (nSPS) is 17.7. The van der Waals surface area contributed by atoms with Gasteiger partial charge < -0.3 is 9.66 Å². The van der Waals surface area contributed by atoms with Gasteiger partial charge in [-0.15, -0.1) is 0 Å². The van der Waals surface area contributed by atoms with Gasteiger partial charge in [0.1, 0.15) is 5.75 Å². The number of nitrogens with one attached hydrogen (secondary N) is 1. The maximum Gasteiger partial charge on any atom is 0.299 e. The summed E-state index contributed by atoms with van der Waals surface area (Å²) in [6, 6.07) is 15.6. The summed E-state index contributed by atoms with van der Waals surface area (Å²) in [4.78, 5) is 14.2. The third-order valence-electron chi connectivity index (χ3n) is 5.87. The van der Waals surface area contributed by atoms with E-state index >= 15 is 0 Å². The predicted octanol–water partition coefficient (Wildman–Crippen LogP) is 3.18. The average molecular weight is 429 g/mol. The molecular formula is C23H28N2O4S. The summed E-state index contributed by atoms with van der Waals surface area (Å²) in [6.45, 7) is 3.88. The number of carbonyl (C=O) groups excluding carboxylic acids is 1. The third kappa shape index (κ3) is 5.05. The molecule has 0 bridgehead atoms. The largest absolute Gasteiger partial charge is 0.616 e. The monoisotopic (exact) mass is 428 g/mol. The minimum Gasteiger partial charge on any atom is -0.616 e. The summed E-state index contributed by atoms with van der Waals surface area (Å²) in [6.07, 6.45) is 5.00. The van der Waals surface area contributed by atoms with Crippen LogP contribution in [-0.2, 0) is 16.0 Å². The van der Waals surface area contributed by atoms with Crippen molar-refractivity contribution < 1.29 is 19.7 Å². The second kappa shape index (κ2) is 9.66. The van der Waals surface area contributed by atoms with Crippen molar-refractivity contribution in [2.45, 2.75) is 24.5 Å². The molecule has 30 heavy (non-hydrogen) atoms. The van der Waals surface area contributed by atoms with Crippen LogP contribution in [0.15, 0.2) is 54.6 Å². The first-order valence-corrected chi connectivity index (χ1v) is 11.5. The van der Waals surface area contributed by atoms with Crippen LogP contribution in [0.1, 0.15) is 25.3 Å². The van der Waals surface area contributed by atoms with Crippen LogP contribution in [0.25, 0.3) is 16.7 Å². The molecule has 1 aliphatic heterocycles. The van der Waals surface area contributed by atoms with Gasteiger partial charge in [-0.2, -0.15) is 0 Å². The van der Waals surface area contributed by atoms with E-state index in [4.69, 9.17) is 5.21 Å². The zero-order valence-corrected chi connectivity index (χ0v) is 18.1. The van der Waals surface area contributed by atoms with Crippen LogP contribution < -0.4 is 5.48 Å². The van der Waals surface area contributed by atoms with E-state index in [0.29, 0.717) is 13.0 Å². The Kier molecular flexibility index (Phi) is 7.20. The molecule has 2 unspecified atom stereocenters. The van der Waals surface area contributed by atoms with Crippen LogP contribution in [0.5, 0.6) is 5.75 Å². The van der Waals surface area contributed by atoms with Gasteiger partial charge in [0.2, 0.25) is 4.75 Å². The van der Waals surface area contributed by atoms with E-state index in [1.165, 1.54) is 17.4 Å². The SMILES string of the molecule is C[S+]([O-])C(C)(CCN1CC=C(c2ccc(-c3ccc(O)cc3)cc2)CC1)C(=O)NO. The third-order valence-corrected chi connectivity index (χ3v) is 7.53. The van der Waals surface area contributed by atoms with Crippen LogP contribution in [0.4, 0.5) is 0 Å². The van der Waals surface area contributed by atoms with E-state index in [1.807, 2.05) is 12.1 Å².